The van der Waals surface area contributed by atoms with Gasteiger partial charge in [-0.3, -0.25) is 24.5 Å². The number of anilines is 1. The highest BCUT2D eigenvalue weighted by Crippen LogP contribution is 2.27. The molecule has 33 heavy (non-hydrogen) atoms. The molecule has 3 aromatic heterocycles. The topological polar surface area (TPSA) is 166 Å². The van der Waals surface area contributed by atoms with E-state index in [1.807, 2.05) is 0 Å². The minimum absolute atomic E-state index is 0.00528. The van der Waals surface area contributed by atoms with Gasteiger partial charge in [0.15, 0.2) is 11.5 Å². The molecule has 4 N–H and O–H groups in total. The summed E-state index contributed by atoms with van der Waals surface area (Å²) in [4.78, 5) is 43.5. The lowest BCUT2D eigenvalue weighted by atomic mass is 10.2. The number of amides is 1. The second-order valence-electron chi connectivity index (χ2n) is 6.22. The molecule has 0 atom stereocenters. The van der Waals surface area contributed by atoms with Crippen LogP contribution < -0.4 is 11.1 Å². The summed E-state index contributed by atoms with van der Waals surface area (Å²) in [5, 5.41) is 8.25. The summed E-state index contributed by atoms with van der Waals surface area (Å²) in [6.45, 7) is -0.125. The molecule has 11 nitrogen and oxygen atoms in total. The first-order valence-electron chi connectivity index (χ1n) is 9.03. The molecule has 15 heteroatoms. The highest BCUT2D eigenvalue weighted by atomic mass is 35.5. The molecule has 0 fully saturated rings. The van der Waals surface area contributed by atoms with Crippen LogP contribution in [0.3, 0.4) is 0 Å². The van der Waals surface area contributed by atoms with Gasteiger partial charge in [0.1, 0.15) is 23.1 Å². The third-order valence-electron chi connectivity index (χ3n) is 3.91. The Morgan fingerprint density at radius 1 is 1.21 bits per heavy atom. The van der Waals surface area contributed by atoms with Gasteiger partial charge in [-0.15, -0.1) is 0 Å². The maximum Gasteiger partial charge on any atom is 0.433 e. The molecule has 0 aliphatic heterocycles. The largest absolute Gasteiger partial charge is 0.469 e. The Balaban J connectivity index is 0.000000365. The van der Waals surface area contributed by atoms with Gasteiger partial charge in [0.25, 0.3) is 5.91 Å². The number of carbonyl (C=O) groups is 3. The van der Waals surface area contributed by atoms with E-state index in [0.29, 0.717) is 5.52 Å². The minimum Gasteiger partial charge on any atom is -0.469 e. The zero-order valence-corrected chi connectivity index (χ0v) is 17.7. The number of rotatable bonds is 6. The number of ether oxygens (including phenoxy) is 1. The summed E-state index contributed by atoms with van der Waals surface area (Å²) in [5.41, 5.74) is 5.35. The Kier molecular flexibility index (Phi) is 8.62. The van der Waals surface area contributed by atoms with E-state index in [9.17, 15) is 27.6 Å². The molecule has 3 rings (SSSR count). The number of pyridine rings is 1. The molecule has 3 heterocycles. The first kappa shape index (κ1) is 25.5. The van der Waals surface area contributed by atoms with Crippen molar-refractivity contribution in [1.29, 1.82) is 0 Å². The van der Waals surface area contributed by atoms with Crippen LogP contribution in [0, 0.1) is 0 Å². The molecular weight excluding hydrogens is 471 g/mol. The summed E-state index contributed by atoms with van der Waals surface area (Å²) >= 11 is 4.93. The highest BCUT2D eigenvalue weighted by molar-refractivity contribution is 6.63. The van der Waals surface area contributed by atoms with Gasteiger partial charge in [0.05, 0.1) is 13.5 Å². The average molecular weight is 488 g/mol. The Bertz CT molecular complexity index is 1150. The maximum absolute atomic E-state index is 12.6. The molecule has 176 valence electrons. The predicted molar refractivity (Wildman–Crippen MR) is 109 cm³/mol. The number of aromatic nitrogens is 5. The van der Waals surface area contributed by atoms with Crippen molar-refractivity contribution in [2.24, 2.45) is 0 Å². The molecule has 0 radical (unpaired) electrons. The molecule has 0 spiro atoms. The third-order valence-corrected chi connectivity index (χ3v) is 4.10. The van der Waals surface area contributed by atoms with Crippen molar-refractivity contribution in [1.82, 2.24) is 30.5 Å². The van der Waals surface area contributed by atoms with Crippen LogP contribution in [-0.2, 0) is 27.0 Å². The number of hydrogen-bond acceptors (Lipinski definition) is 9. The maximum atomic E-state index is 12.6. The van der Waals surface area contributed by atoms with Crippen molar-refractivity contribution in [2.75, 3.05) is 12.8 Å². The van der Waals surface area contributed by atoms with Crippen LogP contribution in [0.1, 0.15) is 34.6 Å². The number of alkyl halides is 3. The van der Waals surface area contributed by atoms with Gasteiger partial charge in [-0.2, -0.15) is 18.3 Å². The molecule has 0 aliphatic rings. The van der Waals surface area contributed by atoms with E-state index in [0.717, 1.165) is 18.6 Å². The Hall–Kier alpha value is -3.81. The Morgan fingerprint density at radius 3 is 2.58 bits per heavy atom. The molecule has 0 aliphatic carbocycles. The SMILES string of the molecule is COC(=O)CCC(=O)Cl.Nc1n[nH]c2c(C(=O)NCc3ccnc(C(F)(F)F)c3)ncnc12. The lowest BCUT2D eigenvalue weighted by Gasteiger charge is -2.08. The summed E-state index contributed by atoms with van der Waals surface area (Å²) < 4.78 is 42.1. The fourth-order valence-corrected chi connectivity index (χ4v) is 2.43. The summed E-state index contributed by atoms with van der Waals surface area (Å²) in [6.07, 6.45) is -2.25. The zero-order chi connectivity index (χ0) is 24.6. The smallest absolute Gasteiger partial charge is 0.433 e. The quantitative estimate of drug-likeness (QED) is 0.348. The van der Waals surface area contributed by atoms with E-state index in [2.05, 4.69) is 35.2 Å². The summed E-state index contributed by atoms with van der Waals surface area (Å²) in [7, 11) is 1.26. The van der Waals surface area contributed by atoms with Crippen molar-refractivity contribution in [3.05, 3.63) is 41.6 Å². The highest BCUT2D eigenvalue weighted by Gasteiger charge is 2.32. The fraction of sp³-hybridized carbons (Fsp3) is 0.278. The molecule has 1 amide bonds. The third kappa shape index (κ3) is 7.38. The van der Waals surface area contributed by atoms with E-state index in [1.54, 1.807) is 0 Å². The van der Waals surface area contributed by atoms with Crippen LogP contribution in [0.4, 0.5) is 19.0 Å². The Labute approximate surface area is 188 Å². The molecule has 0 aromatic carbocycles. The van der Waals surface area contributed by atoms with Crippen LogP contribution in [0.25, 0.3) is 11.0 Å². The van der Waals surface area contributed by atoms with Crippen LogP contribution in [0.5, 0.6) is 0 Å². The first-order chi connectivity index (χ1) is 15.5. The number of fused-ring (bicyclic) bond motifs is 1. The molecule has 0 saturated carbocycles. The van der Waals surface area contributed by atoms with Gasteiger partial charge in [-0.05, 0) is 29.3 Å². The van der Waals surface area contributed by atoms with Crippen LogP contribution in [-0.4, -0.2) is 49.4 Å². The number of esters is 1. The normalized spacial score (nSPS) is 10.8. The van der Waals surface area contributed by atoms with Crippen molar-refractivity contribution in [2.45, 2.75) is 25.6 Å². The number of hydrogen-bond donors (Lipinski definition) is 3. The fourth-order valence-electron chi connectivity index (χ4n) is 2.33. The number of methoxy groups -OCH3 is 1. The lowest BCUT2D eigenvalue weighted by molar-refractivity contribution is -0.142. The van der Waals surface area contributed by atoms with E-state index >= 15 is 0 Å². The van der Waals surface area contributed by atoms with Crippen LogP contribution >= 0.6 is 11.6 Å². The van der Waals surface area contributed by atoms with Gasteiger partial charge < -0.3 is 15.8 Å². The number of nitrogens with zero attached hydrogens (tertiary/aromatic N) is 4. The monoisotopic (exact) mass is 487 g/mol. The number of halogens is 4. The van der Waals surface area contributed by atoms with E-state index in [-0.39, 0.29) is 42.0 Å². The molecule has 3 aromatic rings. The van der Waals surface area contributed by atoms with E-state index < -0.39 is 29.0 Å². The van der Waals surface area contributed by atoms with E-state index in [1.165, 1.54) is 13.2 Å². The number of nitrogens with one attached hydrogen (secondary N) is 2. The predicted octanol–water partition coefficient (Wildman–Crippen LogP) is 1.98. The van der Waals surface area contributed by atoms with Gasteiger partial charge in [0.2, 0.25) is 5.24 Å². The zero-order valence-electron chi connectivity index (χ0n) is 16.9. The van der Waals surface area contributed by atoms with Crippen molar-refractivity contribution >= 4 is 45.6 Å². The summed E-state index contributed by atoms with van der Waals surface area (Å²) in [6, 6.07) is 2.24. The Morgan fingerprint density at radius 2 is 1.94 bits per heavy atom. The van der Waals surface area contributed by atoms with Crippen molar-refractivity contribution in [3.8, 4) is 0 Å². The van der Waals surface area contributed by atoms with Crippen LogP contribution in [0.2, 0.25) is 0 Å². The lowest BCUT2D eigenvalue weighted by Crippen LogP contribution is -2.24. The van der Waals surface area contributed by atoms with Gasteiger partial charge in [-0.1, -0.05) is 0 Å². The number of H-pyrrole nitrogens is 1. The van der Waals surface area contributed by atoms with Gasteiger partial charge in [0, 0.05) is 19.2 Å². The number of nitrogens with two attached hydrogens (primary N) is 1. The average Bonchev–Trinajstić information content (AvgIpc) is 3.16. The molecule has 0 unspecified atom stereocenters. The standard InChI is InChI=1S/C13H10F3N7O.C5H7ClO3/c14-13(15,16)7-3-6(1-2-18-7)4-19-12(24)10-8-9(20-5-21-10)11(17)23-22-8;1-9-5(8)3-2-4(6)7/h1-3,5H,4H2,(H,19,24)(H3,17,22,23);2-3H2,1H3. The molecule has 0 saturated heterocycles. The minimum atomic E-state index is -4.55. The first-order valence-corrected chi connectivity index (χ1v) is 9.40. The van der Waals surface area contributed by atoms with Gasteiger partial charge >= 0.3 is 12.1 Å². The van der Waals surface area contributed by atoms with Crippen molar-refractivity contribution in [3.63, 3.8) is 0 Å². The second kappa shape index (κ2) is 11.2. The number of aromatic amines is 1. The molecule has 0 bridgehead atoms. The second-order valence-corrected chi connectivity index (χ2v) is 6.64. The van der Waals surface area contributed by atoms with Crippen molar-refractivity contribution < 1.29 is 32.3 Å². The van der Waals surface area contributed by atoms with E-state index in [4.69, 9.17) is 17.3 Å². The summed E-state index contributed by atoms with van der Waals surface area (Å²) in [5.74, 6) is -0.897. The number of nitrogen functional groups attached to an aromatic ring is 1. The number of carbonyl (C=O) groups excluding carboxylic acids is 3. The molecular formula is C18H17ClF3N7O4. The van der Waals surface area contributed by atoms with Gasteiger partial charge in [-0.25, -0.2) is 9.97 Å². The van der Waals surface area contributed by atoms with Crippen LogP contribution in [0.15, 0.2) is 24.7 Å².